The largest absolute Gasteiger partial charge is 0.355 e. The lowest BCUT2D eigenvalue weighted by molar-refractivity contribution is 0.285. The number of anilines is 1. The number of hydrogen-bond acceptors (Lipinski definition) is 6. The zero-order valence-corrected chi connectivity index (χ0v) is 15.3. The van der Waals surface area contributed by atoms with Crippen molar-refractivity contribution in [3.63, 3.8) is 0 Å². The lowest BCUT2D eigenvalue weighted by Gasteiger charge is -2.24. The maximum absolute atomic E-state index is 13.1. The number of hydrogen-bond donors (Lipinski definition) is 0. The Hall–Kier alpha value is -2.80. The average molecular weight is 367 g/mol. The molecule has 0 bridgehead atoms. The van der Waals surface area contributed by atoms with Crippen LogP contribution in [0.5, 0.6) is 0 Å². The fraction of sp³-hybridized carbons (Fsp3) is 0.350. The second kappa shape index (κ2) is 7.84. The van der Waals surface area contributed by atoms with Crippen LogP contribution in [0, 0.1) is 12.7 Å². The molecule has 0 N–H and O–H groups in total. The van der Waals surface area contributed by atoms with Crippen molar-refractivity contribution >= 4 is 5.82 Å². The quantitative estimate of drug-likeness (QED) is 0.705. The van der Waals surface area contributed by atoms with Gasteiger partial charge in [0, 0.05) is 38.9 Å². The zero-order chi connectivity index (χ0) is 18.6. The first-order valence-electron chi connectivity index (χ1n) is 9.16. The molecule has 27 heavy (non-hydrogen) atoms. The van der Waals surface area contributed by atoms with Crippen LogP contribution in [0.4, 0.5) is 10.2 Å². The number of pyridine rings is 1. The summed E-state index contributed by atoms with van der Waals surface area (Å²) in [7, 11) is 0. The van der Waals surface area contributed by atoms with Crippen LogP contribution in [0.2, 0.25) is 0 Å². The first kappa shape index (κ1) is 17.6. The maximum Gasteiger partial charge on any atom is 0.261 e. The summed E-state index contributed by atoms with van der Waals surface area (Å²) in [5.41, 5.74) is 2.00. The molecule has 0 unspecified atom stereocenters. The van der Waals surface area contributed by atoms with Crippen molar-refractivity contribution in [2.45, 2.75) is 19.9 Å². The molecule has 140 valence electrons. The van der Waals surface area contributed by atoms with Gasteiger partial charge in [0.1, 0.15) is 11.6 Å². The SMILES string of the molecule is Cc1noc(-c2cccnc2N2CCCN(Cc3ccc(F)cc3)CC2)n1. The van der Waals surface area contributed by atoms with Crippen LogP contribution >= 0.6 is 0 Å². The first-order valence-corrected chi connectivity index (χ1v) is 9.16. The Kier molecular flexibility index (Phi) is 5.11. The molecule has 0 saturated carbocycles. The molecule has 1 aliphatic rings. The van der Waals surface area contributed by atoms with E-state index in [0.717, 1.165) is 56.1 Å². The molecule has 0 amide bonds. The molecule has 1 fully saturated rings. The van der Waals surface area contributed by atoms with Crippen LogP contribution in [0.25, 0.3) is 11.5 Å². The molecule has 0 spiro atoms. The van der Waals surface area contributed by atoms with E-state index in [1.165, 1.54) is 12.1 Å². The van der Waals surface area contributed by atoms with Gasteiger partial charge in [0.05, 0.1) is 5.56 Å². The molecule has 0 radical (unpaired) electrons. The Bertz CT molecular complexity index is 895. The minimum absolute atomic E-state index is 0.195. The second-order valence-electron chi connectivity index (χ2n) is 6.76. The summed E-state index contributed by atoms with van der Waals surface area (Å²) in [4.78, 5) is 13.6. The van der Waals surface area contributed by atoms with Gasteiger partial charge in [-0.25, -0.2) is 9.37 Å². The number of halogens is 1. The van der Waals surface area contributed by atoms with Crippen molar-refractivity contribution in [1.82, 2.24) is 20.0 Å². The van der Waals surface area contributed by atoms with Gasteiger partial charge in [-0.2, -0.15) is 4.98 Å². The summed E-state index contributed by atoms with van der Waals surface area (Å²) >= 11 is 0. The summed E-state index contributed by atoms with van der Waals surface area (Å²) in [5.74, 6) is 1.80. The van der Waals surface area contributed by atoms with Gasteiger partial charge in [0.2, 0.25) is 0 Å². The molecular weight excluding hydrogens is 345 g/mol. The van der Waals surface area contributed by atoms with E-state index in [9.17, 15) is 4.39 Å². The summed E-state index contributed by atoms with van der Waals surface area (Å²) in [6.07, 6.45) is 2.82. The van der Waals surface area contributed by atoms with Crippen LogP contribution in [0.1, 0.15) is 17.8 Å². The molecule has 1 aliphatic heterocycles. The number of benzene rings is 1. The molecule has 7 heteroatoms. The zero-order valence-electron chi connectivity index (χ0n) is 15.3. The van der Waals surface area contributed by atoms with Crippen molar-refractivity contribution in [3.8, 4) is 11.5 Å². The van der Waals surface area contributed by atoms with E-state index in [1.54, 1.807) is 6.20 Å². The topological polar surface area (TPSA) is 58.3 Å². The van der Waals surface area contributed by atoms with Gasteiger partial charge >= 0.3 is 0 Å². The number of nitrogens with zero attached hydrogens (tertiary/aromatic N) is 5. The van der Waals surface area contributed by atoms with E-state index in [1.807, 2.05) is 31.2 Å². The monoisotopic (exact) mass is 367 g/mol. The number of aryl methyl sites for hydroxylation is 1. The second-order valence-corrected chi connectivity index (χ2v) is 6.76. The predicted molar refractivity (Wildman–Crippen MR) is 101 cm³/mol. The molecule has 6 nitrogen and oxygen atoms in total. The molecule has 1 aromatic carbocycles. The van der Waals surface area contributed by atoms with Crippen molar-refractivity contribution in [3.05, 3.63) is 59.8 Å². The maximum atomic E-state index is 13.1. The third-order valence-corrected chi connectivity index (χ3v) is 4.75. The smallest absolute Gasteiger partial charge is 0.261 e. The van der Waals surface area contributed by atoms with Gasteiger partial charge < -0.3 is 9.42 Å². The summed E-state index contributed by atoms with van der Waals surface area (Å²) in [6.45, 7) is 6.32. The number of aromatic nitrogens is 3. The van der Waals surface area contributed by atoms with E-state index in [4.69, 9.17) is 4.52 Å². The Morgan fingerprint density at radius 3 is 2.70 bits per heavy atom. The van der Waals surface area contributed by atoms with Crippen molar-refractivity contribution in [1.29, 1.82) is 0 Å². The molecular formula is C20H22FN5O. The van der Waals surface area contributed by atoms with Crippen LogP contribution in [-0.2, 0) is 6.54 Å². The molecule has 1 saturated heterocycles. The molecule has 3 aromatic rings. The lowest BCUT2D eigenvalue weighted by Crippen LogP contribution is -2.31. The van der Waals surface area contributed by atoms with E-state index >= 15 is 0 Å². The molecule has 0 atom stereocenters. The Morgan fingerprint density at radius 2 is 1.93 bits per heavy atom. The highest BCUT2D eigenvalue weighted by atomic mass is 19.1. The highest BCUT2D eigenvalue weighted by Gasteiger charge is 2.21. The predicted octanol–water partition coefficient (Wildman–Crippen LogP) is 3.29. The molecule has 4 rings (SSSR count). The van der Waals surface area contributed by atoms with Gasteiger partial charge in [-0.1, -0.05) is 17.3 Å². The van der Waals surface area contributed by atoms with Gasteiger partial charge in [-0.3, -0.25) is 4.90 Å². The minimum Gasteiger partial charge on any atom is -0.355 e. The Balaban J connectivity index is 1.48. The van der Waals surface area contributed by atoms with E-state index in [2.05, 4.69) is 24.9 Å². The van der Waals surface area contributed by atoms with Crippen LogP contribution in [0.3, 0.4) is 0 Å². The van der Waals surface area contributed by atoms with Crippen LogP contribution in [-0.4, -0.2) is 46.2 Å². The fourth-order valence-electron chi connectivity index (χ4n) is 3.41. The standard InChI is InChI=1S/C20H22FN5O/c1-15-23-20(27-24-15)18-4-2-9-22-19(18)26-11-3-10-25(12-13-26)14-16-5-7-17(21)8-6-16/h2,4-9H,3,10-14H2,1H3. The normalized spacial score (nSPS) is 15.7. The van der Waals surface area contributed by atoms with Crippen molar-refractivity contribution in [2.24, 2.45) is 0 Å². The number of rotatable bonds is 4. The van der Waals surface area contributed by atoms with Crippen molar-refractivity contribution in [2.75, 3.05) is 31.1 Å². The van der Waals surface area contributed by atoms with E-state index < -0.39 is 0 Å². The van der Waals surface area contributed by atoms with Crippen LogP contribution < -0.4 is 4.90 Å². The molecule has 0 aliphatic carbocycles. The summed E-state index contributed by atoms with van der Waals surface area (Å²) in [5, 5.41) is 3.90. The Labute approximate surface area is 157 Å². The lowest BCUT2D eigenvalue weighted by atomic mass is 10.2. The Morgan fingerprint density at radius 1 is 1.07 bits per heavy atom. The third kappa shape index (κ3) is 4.14. The first-order chi connectivity index (χ1) is 13.2. The van der Waals surface area contributed by atoms with E-state index in [0.29, 0.717) is 11.7 Å². The van der Waals surface area contributed by atoms with Gasteiger partial charge in [-0.05, 0) is 43.2 Å². The summed E-state index contributed by atoms with van der Waals surface area (Å²) < 4.78 is 18.5. The van der Waals surface area contributed by atoms with Gasteiger partial charge in [0.15, 0.2) is 5.82 Å². The molecule has 2 aromatic heterocycles. The average Bonchev–Trinajstić information content (AvgIpc) is 2.98. The highest BCUT2D eigenvalue weighted by molar-refractivity contribution is 5.69. The third-order valence-electron chi connectivity index (χ3n) is 4.75. The highest BCUT2D eigenvalue weighted by Crippen LogP contribution is 2.28. The molecule has 3 heterocycles. The van der Waals surface area contributed by atoms with E-state index in [-0.39, 0.29) is 5.82 Å². The van der Waals surface area contributed by atoms with Gasteiger partial charge in [0.25, 0.3) is 5.89 Å². The van der Waals surface area contributed by atoms with Crippen LogP contribution in [0.15, 0.2) is 47.1 Å². The fourth-order valence-corrected chi connectivity index (χ4v) is 3.41. The minimum atomic E-state index is -0.195. The van der Waals surface area contributed by atoms with Crippen molar-refractivity contribution < 1.29 is 8.91 Å². The van der Waals surface area contributed by atoms with Gasteiger partial charge in [-0.15, -0.1) is 0 Å². The summed E-state index contributed by atoms with van der Waals surface area (Å²) in [6, 6.07) is 10.6.